The Morgan fingerprint density at radius 3 is 2.50 bits per heavy atom. The van der Waals surface area contributed by atoms with Gasteiger partial charge in [0.25, 0.3) is 0 Å². The molecule has 0 aromatic carbocycles. The number of hydrogen-bond donors (Lipinski definition) is 0. The van der Waals surface area contributed by atoms with Crippen LogP contribution in [0.1, 0.15) is 51.9 Å². The monoisotopic (exact) mass is 196 g/mol. The maximum atomic E-state index is 10.8. The summed E-state index contributed by atoms with van der Waals surface area (Å²) in [6.45, 7) is 1.52. The molecule has 2 heteroatoms. The molecule has 2 nitrogen and oxygen atoms in total. The highest BCUT2D eigenvalue weighted by atomic mass is 16.5. The van der Waals surface area contributed by atoms with E-state index in [9.17, 15) is 4.79 Å². The Balaban J connectivity index is 1.86. The van der Waals surface area contributed by atoms with Gasteiger partial charge in [-0.25, -0.2) is 0 Å². The fraction of sp³-hybridized carbons (Fsp3) is 0.917. The normalized spacial score (nSPS) is 37.4. The van der Waals surface area contributed by atoms with E-state index in [-0.39, 0.29) is 12.1 Å². The minimum absolute atomic E-state index is 0.107. The standard InChI is InChI=1S/C12H20O2/c1-9(13)14-12-7-6-10-4-2-3-5-11(10)8-12/h10-12H,2-8H2,1H3/t10-,11-,12-/m1/s1. The van der Waals surface area contributed by atoms with Crippen molar-refractivity contribution in [2.45, 2.75) is 58.0 Å². The lowest BCUT2D eigenvalue weighted by molar-refractivity contribution is -0.149. The highest BCUT2D eigenvalue weighted by Crippen LogP contribution is 2.41. The summed E-state index contributed by atoms with van der Waals surface area (Å²) in [6.07, 6.45) is 9.31. The Morgan fingerprint density at radius 1 is 1.07 bits per heavy atom. The molecule has 0 aliphatic heterocycles. The molecule has 14 heavy (non-hydrogen) atoms. The van der Waals surface area contributed by atoms with Gasteiger partial charge in [-0.15, -0.1) is 0 Å². The molecule has 0 amide bonds. The molecule has 0 heterocycles. The predicted molar refractivity (Wildman–Crippen MR) is 54.9 cm³/mol. The Bertz CT molecular complexity index is 212. The van der Waals surface area contributed by atoms with Crippen LogP contribution in [0.25, 0.3) is 0 Å². The predicted octanol–water partition coefficient (Wildman–Crippen LogP) is 2.91. The lowest BCUT2D eigenvalue weighted by Crippen LogP contribution is -2.32. The average molecular weight is 196 g/mol. The lowest BCUT2D eigenvalue weighted by Gasteiger charge is -2.38. The van der Waals surface area contributed by atoms with Gasteiger partial charge in [0, 0.05) is 6.92 Å². The molecular formula is C12H20O2. The first kappa shape index (κ1) is 10.0. The molecule has 2 aliphatic rings. The first-order valence-electron chi connectivity index (χ1n) is 5.93. The van der Waals surface area contributed by atoms with Crippen molar-refractivity contribution in [1.29, 1.82) is 0 Å². The fourth-order valence-corrected chi connectivity index (χ4v) is 3.17. The van der Waals surface area contributed by atoms with Gasteiger partial charge in [0.1, 0.15) is 6.10 Å². The smallest absolute Gasteiger partial charge is 0.302 e. The van der Waals surface area contributed by atoms with E-state index in [0.29, 0.717) is 0 Å². The van der Waals surface area contributed by atoms with Crippen molar-refractivity contribution in [3.8, 4) is 0 Å². The van der Waals surface area contributed by atoms with E-state index >= 15 is 0 Å². The van der Waals surface area contributed by atoms with Gasteiger partial charge in [-0.1, -0.05) is 25.7 Å². The maximum Gasteiger partial charge on any atom is 0.302 e. The third kappa shape index (κ3) is 2.28. The summed E-state index contributed by atoms with van der Waals surface area (Å²) in [5, 5.41) is 0. The zero-order chi connectivity index (χ0) is 9.97. The van der Waals surface area contributed by atoms with Gasteiger partial charge in [-0.3, -0.25) is 4.79 Å². The minimum Gasteiger partial charge on any atom is -0.463 e. The van der Waals surface area contributed by atoms with Gasteiger partial charge in [-0.05, 0) is 31.1 Å². The van der Waals surface area contributed by atoms with Crippen molar-refractivity contribution in [2.75, 3.05) is 0 Å². The Kier molecular flexibility index (Phi) is 3.09. The van der Waals surface area contributed by atoms with E-state index in [1.165, 1.54) is 39.0 Å². The van der Waals surface area contributed by atoms with Crippen molar-refractivity contribution in [3.05, 3.63) is 0 Å². The van der Waals surface area contributed by atoms with Crippen molar-refractivity contribution in [3.63, 3.8) is 0 Å². The highest BCUT2D eigenvalue weighted by Gasteiger charge is 2.33. The summed E-state index contributed by atoms with van der Waals surface area (Å²) in [6, 6.07) is 0. The van der Waals surface area contributed by atoms with Crippen LogP contribution in [0.15, 0.2) is 0 Å². The average Bonchev–Trinajstić information content (AvgIpc) is 2.17. The number of esters is 1. The lowest BCUT2D eigenvalue weighted by atomic mass is 9.70. The van der Waals surface area contributed by atoms with Crippen molar-refractivity contribution >= 4 is 5.97 Å². The van der Waals surface area contributed by atoms with E-state index in [1.807, 2.05) is 0 Å². The second-order valence-electron chi connectivity index (χ2n) is 4.85. The third-order valence-electron chi connectivity index (χ3n) is 3.82. The first-order valence-corrected chi connectivity index (χ1v) is 5.93. The molecule has 2 fully saturated rings. The largest absolute Gasteiger partial charge is 0.463 e. The number of hydrogen-bond acceptors (Lipinski definition) is 2. The second kappa shape index (κ2) is 4.33. The van der Waals surface area contributed by atoms with Crippen molar-refractivity contribution < 1.29 is 9.53 Å². The number of fused-ring (bicyclic) bond motifs is 1. The minimum atomic E-state index is -0.107. The van der Waals surface area contributed by atoms with Crippen LogP contribution in [-0.4, -0.2) is 12.1 Å². The quantitative estimate of drug-likeness (QED) is 0.603. The van der Waals surface area contributed by atoms with Crippen molar-refractivity contribution in [1.82, 2.24) is 0 Å². The van der Waals surface area contributed by atoms with Gasteiger partial charge in [0.15, 0.2) is 0 Å². The molecule has 3 atom stereocenters. The van der Waals surface area contributed by atoms with Crippen LogP contribution >= 0.6 is 0 Å². The van der Waals surface area contributed by atoms with E-state index in [2.05, 4.69) is 0 Å². The van der Waals surface area contributed by atoms with E-state index in [1.54, 1.807) is 0 Å². The number of carbonyl (C=O) groups excluding carboxylic acids is 1. The van der Waals surface area contributed by atoms with Crippen LogP contribution < -0.4 is 0 Å². The Morgan fingerprint density at radius 2 is 1.79 bits per heavy atom. The molecule has 0 saturated heterocycles. The zero-order valence-corrected chi connectivity index (χ0v) is 9.00. The summed E-state index contributed by atoms with van der Waals surface area (Å²) >= 11 is 0. The van der Waals surface area contributed by atoms with Crippen LogP contribution in [0, 0.1) is 11.8 Å². The maximum absolute atomic E-state index is 10.8. The van der Waals surface area contributed by atoms with Gasteiger partial charge in [0.05, 0.1) is 0 Å². The Hall–Kier alpha value is -0.530. The summed E-state index contributed by atoms with van der Waals surface area (Å²) in [4.78, 5) is 10.8. The van der Waals surface area contributed by atoms with Gasteiger partial charge in [0.2, 0.25) is 0 Å². The molecule has 0 radical (unpaired) electrons. The van der Waals surface area contributed by atoms with Crippen LogP contribution in [0.2, 0.25) is 0 Å². The molecule has 0 spiro atoms. The molecule has 0 unspecified atom stereocenters. The summed E-state index contributed by atoms with van der Waals surface area (Å²) in [5.41, 5.74) is 0. The highest BCUT2D eigenvalue weighted by molar-refractivity contribution is 5.66. The Labute approximate surface area is 86.0 Å². The number of carbonyl (C=O) groups is 1. The van der Waals surface area contributed by atoms with E-state index in [0.717, 1.165) is 24.7 Å². The zero-order valence-electron chi connectivity index (χ0n) is 9.00. The van der Waals surface area contributed by atoms with Gasteiger partial charge < -0.3 is 4.74 Å². The van der Waals surface area contributed by atoms with Gasteiger partial charge in [-0.2, -0.15) is 0 Å². The van der Waals surface area contributed by atoms with Crippen LogP contribution in [0.3, 0.4) is 0 Å². The summed E-state index contributed by atoms with van der Waals surface area (Å²) < 4.78 is 5.30. The first-order chi connectivity index (χ1) is 6.75. The molecule has 80 valence electrons. The van der Waals surface area contributed by atoms with E-state index < -0.39 is 0 Å². The molecule has 0 bridgehead atoms. The molecule has 0 N–H and O–H groups in total. The second-order valence-corrected chi connectivity index (χ2v) is 4.85. The third-order valence-corrected chi connectivity index (χ3v) is 3.82. The van der Waals surface area contributed by atoms with Gasteiger partial charge >= 0.3 is 5.97 Å². The van der Waals surface area contributed by atoms with Crippen molar-refractivity contribution in [2.24, 2.45) is 11.8 Å². The number of rotatable bonds is 1. The molecule has 2 aliphatic carbocycles. The molecule has 0 aromatic heterocycles. The summed E-state index contributed by atoms with van der Waals surface area (Å²) in [5.74, 6) is 1.68. The van der Waals surface area contributed by atoms with Crippen LogP contribution in [0.4, 0.5) is 0 Å². The summed E-state index contributed by atoms with van der Waals surface area (Å²) in [7, 11) is 0. The molecule has 2 rings (SSSR count). The topological polar surface area (TPSA) is 26.3 Å². The number of ether oxygens (including phenoxy) is 1. The fourth-order valence-electron chi connectivity index (χ4n) is 3.17. The van der Waals surface area contributed by atoms with Crippen LogP contribution in [0.5, 0.6) is 0 Å². The van der Waals surface area contributed by atoms with E-state index in [4.69, 9.17) is 4.74 Å². The molecule has 2 saturated carbocycles. The SMILES string of the molecule is CC(=O)O[C@@H]1CC[C@H]2CCCC[C@@H]2C1. The molecule has 0 aromatic rings. The molecular weight excluding hydrogens is 176 g/mol. The van der Waals surface area contributed by atoms with Crippen LogP contribution in [-0.2, 0) is 9.53 Å².